The number of carboxylic acids is 1. The van der Waals surface area contributed by atoms with Gasteiger partial charge in [0.25, 0.3) is 0 Å². The molecule has 1 saturated heterocycles. The van der Waals surface area contributed by atoms with E-state index in [1.54, 1.807) is 4.90 Å². The van der Waals surface area contributed by atoms with Gasteiger partial charge in [0, 0.05) is 18.2 Å². The Labute approximate surface area is 136 Å². The average Bonchev–Trinajstić information content (AvgIpc) is 2.86. The maximum absolute atomic E-state index is 14.2. The molecule has 1 aromatic carbocycles. The van der Waals surface area contributed by atoms with Crippen LogP contribution in [0.25, 0.3) is 0 Å². The summed E-state index contributed by atoms with van der Waals surface area (Å²) >= 11 is 3.07. The van der Waals surface area contributed by atoms with E-state index >= 15 is 0 Å². The third kappa shape index (κ3) is 2.78. The molecular formula is C16H18BrF2NO2. The molecule has 120 valence electrons. The second-order valence-electron chi connectivity index (χ2n) is 6.20. The number of carbonyl (C=O) groups is 1. The first-order valence-electron chi connectivity index (χ1n) is 7.60. The fraction of sp³-hybridized carbons (Fsp3) is 0.562. The molecular weight excluding hydrogens is 356 g/mol. The van der Waals surface area contributed by atoms with Gasteiger partial charge in [-0.05, 0) is 53.2 Å². The third-order valence-electron chi connectivity index (χ3n) is 4.99. The summed E-state index contributed by atoms with van der Waals surface area (Å²) in [5, 5.41) is 9.46. The number of hydrogen-bond donors (Lipinski definition) is 1. The summed E-state index contributed by atoms with van der Waals surface area (Å²) in [5.74, 6) is -1.83. The van der Waals surface area contributed by atoms with Crippen LogP contribution in [-0.4, -0.2) is 28.1 Å². The van der Waals surface area contributed by atoms with Crippen LogP contribution >= 0.6 is 15.9 Å². The molecule has 0 radical (unpaired) electrons. The van der Waals surface area contributed by atoms with Crippen LogP contribution in [0.15, 0.2) is 16.6 Å². The summed E-state index contributed by atoms with van der Waals surface area (Å²) in [5.41, 5.74) is -0.0492. The van der Waals surface area contributed by atoms with E-state index in [0.29, 0.717) is 12.3 Å². The minimum Gasteiger partial charge on any atom is -0.480 e. The van der Waals surface area contributed by atoms with Crippen molar-refractivity contribution < 1.29 is 18.7 Å². The van der Waals surface area contributed by atoms with Crippen molar-refractivity contribution in [2.75, 3.05) is 0 Å². The van der Waals surface area contributed by atoms with Gasteiger partial charge in [-0.2, -0.15) is 0 Å². The Bertz CT molecular complexity index is 596. The van der Waals surface area contributed by atoms with Gasteiger partial charge >= 0.3 is 5.97 Å². The molecule has 22 heavy (non-hydrogen) atoms. The van der Waals surface area contributed by atoms with E-state index in [0.717, 1.165) is 25.7 Å². The van der Waals surface area contributed by atoms with Gasteiger partial charge in [0.1, 0.15) is 17.7 Å². The summed E-state index contributed by atoms with van der Waals surface area (Å²) in [4.78, 5) is 13.3. The maximum Gasteiger partial charge on any atom is 0.320 e. The summed E-state index contributed by atoms with van der Waals surface area (Å²) in [6, 6.07) is 2.02. The highest BCUT2D eigenvalue weighted by Crippen LogP contribution is 2.41. The van der Waals surface area contributed by atoms with Crippen molar-refractivity contribution in [2.45, 2.75) is 50.7 Å². The Kier molecular flexibility index (Phi) is 4.50. The molecule has 0 bridgehead atoms. The second-order valence-corrected chi connectivity index (χ2v) is 7.05. The van der Waals surface area contributed by atoms with E-state index in [1.807, 2.05) is 0 Å². The highest BCUT2D eigenvalue weighted by molar-refractivity contribution is 9.10. The SMILES string of the molecule is O=C(O)C1CC2CCCCC2N1Cc1c(F)ccc(Br)c1F. The molecule has 1 saturated carbocycles. The maximum atomic E-state index is 14.2. The number of halogens is 3. The lowest BCUT2D eigenvalue weighted by atomic mass is 9.84. The Morgan fingerprint density at radius 2 is 2.05 bits per heavy atom. The van der Waals surface area contributed by atoms with E-state index < -0.39 is 23.6 Å². The first kappa shape index (κ1) is 15.9. The van der Waals surface area contributed by atoms with E-state index in [4.69, 9.17) is 0 Å². The normalized spacial score (nSPS) is 28.6. The van der Waals surface area contributed by atoms with Crippen LogP contribution in [0.5, 0.6) is 0 Å². The Morgan fingerprint density at radius 3 is 2.77 bits per heavy atom. The van der Waals surface area contributed by atoms with Gasteiger partial charge in [-0.1, -0.05) is 12.8 Å². The quantitative estimate of drug-likeness (QED) is 0.815. The first-order chi connectivity index (χ1) is 10.5. The second kappa shape index (κ2) is 6.24. The molecule has 6 heteroatoms. The molecule has 1 heterocycles. The number of hydrogen-bond acceptors (Lipinski definition) is 2. The van der Waals surface area contributed by atoms with Crippen molar-refractivity contribution in [1.82, 2.24) is 4.90 Å². The van der Waals surface area contributed by atoms with Crippen molar-refractivity contribution >= 4 is 21.9 Å². The van der Waals surface area contributed by atoms with Crippen LogP contribution in [-0.2, 0) is 11.3 Å². The highest BCUT2D eigenvalue weighted by Gasteiger charge is 2.45. The zero-order valence-electron chi connectivity index (χ0n) is 12.1. The Morgan fingerprint density at radius 1 is 1.32 bits per heavy atom. The molecule has 0 amide bonds. The van der Waals surface area contributed by atoms with Crippen LogP contribution in [0.3, 0.4) is 0 Å². The number of benzene rings is 1. The molecule has 0 aromatic heterocycles. The molecule has 3 nitrogen and oxygen atoms in total. The van der Waals surface area contributed by atoms with Crippen LogP contribution < -0.4 is 0 Å². The summed E-state index contributed by atoms with van der Waals surface area (Å²) in [6.07, 6.45) is 4.66. The van der Waals surface area contributed by atoms with Gasteiger partial charge in [-0.3, -0.25) is 9.69 Å². The molecule has 3 rings (SSSR count). The lowest BCUT2D eigenvalue weighted by molar-refractivity contribution is -0.143. The van der Waals surface area contributed by atoms with Crippen molar-refractivity contribution in [3.63, 3.8) is 0 Å². The summed E-state index contributed by atoms with van der Waals surface area (Å²) in [7, 11) is 0. The molecule has 1 aliphatic carbocycles. The molecule has 1 N–H and O–H groups in total. The van der Waals surface area contributed by atoms with Gasteiger partial charge in [-0.25, -0.2) is 8.78 Å². The van der Waals surface area contributed by atoms with Gasteiger partial charge in [0.2, 0.25) is 0 Å². The zero-order valence-corrected chi connectivity index (χ0v) is 13.7. The van der Waals surface area contributed by atoms with Crippen LogP contribution in [0.4, 0.5) is 8.78 Å². The number of fused-ring (bicyclic) bond motifs is 1. The van der Waals surface area contributed by atoms with Crippen LogP contribution in [0, 0.1) is 17.6 Å². The summed E-state index contributed by atoms with van der Waals surface area (Å²) < 4.78 is 28.4. The molecule has 2 aliphatic rings. The largest absolute Gasteiger partial charge is 0.480 e. The van der Waals surface area contributed by atoms with E-state index in [1.165, 1.54) is 12.1 Å². The molecule has 1 aliphatic heterocycles. The lowest BCUT2D eigenvalue weighted by Crippen LogP contribution is -2.42. The number of likely N-dealkylation sites (tertiary alicyclic amines) is 1. The van der Waals surface area contributed by atoms with Gasteiger partial charge in [-0.15, -0.1) is 0 Å². The van der Waals surface area contributed by atoms with Crippen molar-refractivity contribution in [3.05, 3.63) is 33.8 Å². The van der Waals surface area contributed by atoms with E-state index in [9.17, 15) is 18.7 Å². The smallest absolute Gasteiger partial charge is 0.320 e. The molecule has 2 fully saturated rings. The summed E-state index contributed by atoms with van der Waals surface area (Å²) in [6.45, 7) is 0.00917. The van der Waals surface area contributed by atoms with E-state index in [-0.39, 0.29) is 22.6 Å². The first-order valence-corrected chi connectivity index (χ1v) is 8.39. The molecule has 3 unspecified atom stereocenters. The van der Waals surface area contributed by atoms with Crippen LogP contribution in [0.1, 0.15) is 37.7 Å². The van der Waals surface area contributed by atoms with Crippen molar-refractivity contribution in [3.8, 4) is 0 Å². The number of aliphatic carboxylic acids is 1. The van der Waals surface area contributed by atoms with Gasteiger partial charge in [0.05, 0.1) is 4.47 Å². The van der Waals surface area contributed by atoms with Crippen molar-refractivity contribution in [2.24, 2.45) is 5.92 Å². The molecule has 3 atom stereocenters. The fourth-order valence-corrected chi connectivity index (χ4v) is 4.29. The highest BCUT2D eigenvalue weighted by atomic mass is 79.9. The number of carboxylic acid groups (broad SMARTS) is 1. The zero-order chi connectivity index (χ0) is 15.9. The predicted octanol–water partition coefficient (Wildman–Crippen LogP) is 3.95. The molecule has 0 spiro atoms. The standard InChI is InChI=1S/C16H18BrF2NO2/c17-11-5-6-12(18)10(15(11)19)8-20-13-4-2-1-3-9(13)7-14(20)16(21)22/h5-6,9,13-14H,1-4,7-8H2,(H,21,22). The minimum absolute atomic E-state index is 0.00917. The van der Waals surface area contributed by atoms with Crippen LogP contribution in [0.2, 0.25) is 0 Å². The Balaban J connectivity index is 1.91. The fourth-order valence-electron chi connectivity index (χ4n) is 3.92. The minimum atomic E-state index is -0.898. The topological polar surface area (TPSA) is 40.5 Å². The average molecular weight is 374 g/mol. The monoisotopic (exact) mass is 373 g/mol. The van der Waals surface area contributed by atoms with Gasteiger partial charge < -0.3 is 5.11 Å². The molecule has 1 aromatic rings. The van der Waals surface area contributed by atoms with Gasteiger partial charge in [0.15, 0.2) is 0 Å². The predicted molar refractivity (Wildman–Crippen MR) is 81.4 cm³/mol. The third-order valence-corrected chi connectivity index (χ3v) is 5.60. The number of nitrogens with zero attached hydrogens (tertiary/aromatic N) is 1. The number of rotatable bonds is 3. The van der Waals surface area contributed by atoms with E-state index in [2.05, 4.69) is 15.9 Å². The lowest BCUT2D eigenvalue weighted by Gasteiger charge is -2.33. The van der Waals surface area contributed by atoms with Crippen molar-refractivity contribution in [1.29, 1.82) is 0 Å². The Hall–Kier alpha value is -1.01.